The predicted molar refractivity (Wildman–Crippen MR) is 77.2 cm³/mol. The fourth-order valence-corrected chi connectivity index (χ4v) is 1.51. The number of nitrogens with zero attached hydrogens (tertiary/aromatic N) is 1. The summed E-state index contributed by atoms with van der Waals surface area (Å²) in [5.74, 6) is -2.37. The van der Waals surface area contributed by atoms with Crippen LogP contribution in [0, 0.1) is 5.82 Å². The van der Waals surface area contributed by atoms with Crippen LogP contribution in [0.4, 0.5) is 10.1 Å². The Morgan fingerprint density at radius 3 is 2.48 bits per heavy atom. The monoisotopic (exact) mass is 285 g/mol. The van der Waals surface area contributed by atoms with Crippen molar-refractivity contribution in [1.29, 1.82) is 0 Å². The average Bonchev–Trinajstić information content (AvgIpc) is 2.48. The first-order valence-corrected chi connectivity index (χ1v) is 6.10. The van der Waals surface area contributed by atoms with E-state index >= 15 is 0 Å². The van der Waals surface area contributed by atoms with E-state index in [-0.39, 0.29) is 5.69 Å². The number of carbonyl (C=O) groups is 2. The van der Waals surface area contributed by atoms with Crippen molar-refractivity contribution in [3.05, 3.63) is 66.0 Å². The summed E-state index contributed by atoms with van der Waals surface area (Å²) >= 11 is 0. The van der Waals surface area contributed by atoms with Crippen LogP contribution in [0.5, 0.6) is 0 Å². The molecular weight excluding hydrogens is 273 g/mol. The lowest BCUT2D eigenvalue weighted by Gasteiger charge is -2.03. The zero-order valence-electron chi connectivity index (χ0n) is 10.9. The first-order valence-electron chi connectivity index (χ1n) is 6.10. The third kappa shape index (κ3) is 4.54. The van der Waals surface area contributed by atoms with Crippen LogP contribution in [0.2, 0.25) is 0 Å². The van der Waals surface area contributed by atoms with Crippen LogP contribution in [0.3, 0.4) is 0 Å². The molecule has 0 aliphatic carbocycles. The van der Waals surface area contributed by atoms with Gasteiger partial charge >= 0.3 is 11.8 Å². The zero-order valence-corrected chi connectivity index (χ0v) is 10.9. The van der Waals surface area contributed by atoms with E-state index in [1.165, 1.54) is 24.4 Å². The van der Waals surface area contributed by atoms with Gasteiger partial charge < -0.3 is 5.32 Å². The molecule has 0 fully saturated rings. The molecule has 0 unspecified atom stereocenters. The number of rotatable bonds is 3. The summed E-state index contributed by atoms with van der Waals surface area (Å²) in [6.07, 6.45) is 1.41. The molecule has 6 heteroatoms. The van der Waals surface area contributed by atoms with Crippen molar-refractivity contribution < 1.29 is 14.0 Å². The molecule has 2 amide bonds. The van der Waals surface area contributed by atoms with E-state index in [9.17, 15) is 14.0 Å². The van der Waals surface area contributed by atoms with E-state index in [0.717, 1.165) is 11.6 Å². The van der Waals surface area contributed by atoms with Crippen LogP contribution in [0.1, 0.15) is 5.56 Å². The topological polar surface area (TPSA) is 70.6 Å². The summed E-state index contributed by atoms with van der Waals surface area (Å²) in [6.45, 7) is 0. The lowest BCUT2D eigenvalue weighted by atomic mass is 10.2. The van der Waals surface area contributed by atoms with Gasteiger partial charge in [-0.05, 0) is 23.8 Å². The highest BCUT2D eigenvalue weighted by Gasteiger charge is 2.12. The van der Waals surface area contributed by atoms with E-state index in [2.05, 4.69) is 15.8 Å². The van der Waals surface area contributed by atoms with Crippen molar-refractivity contribution in [3.8, 4) is 0 Å². The van der Waals surface area contributed by atoms with Crippen LogP contribution in [-0.4, -0.2) is 18.0 Å². The Morgan fingerprint density at radius 2 is 1.76 bits per heavy atom. The molecule has 5 nitrogen and oxygen atoms in total. The number of carbonyl (C=O) groups excluding carboxylic acids is 2. The molecule has 2 aromatic rings. The summed E-state index contributed by atoms with van der Waals surface area (Å²) < 4.78 is 12.9. The van der Waals surface area contributed by atoms with Crippen LogP contribution < -0.4 is 10.7 Å². The molecule has 0 bridgehead atoms. The number of nitrogens with one attached hydrogen (secondary N) is 2. The Bertz CT molecular complexity index is 672. The van der Waals surface area contributed by atoms with Gasteiger partial charge in [-0.15, -0.1) is 0 Å². The average molecular weight is 285 g/mol. The van der Waals surface area contributed by atoms with E-state index < -0.39 is 17.6 Å². The molecule has 2 N–H and O–H groups in total. The number of benzene rings is 2. The molecule has 2 rings (SSSR count). The van der Waals surface area contributed by atoms with Gasteiger partial charge in [-0.3, -0.25) is 9.59 Å². The normalized spacial score (nSPS) is 10.3. The molecule has 0 aliphatic rings. The number of anilines is 1. The molecule has 0 atom stereocenters. The van der Waals surface area contributed by atoms with E-state index in [4.69, 9.17) is 0 Å². The van der Waals surface area contributed by atoms with Gasteiger partial charge in [0.25, 0.3) is 0 Å². The largest absolute Gasteiger partial charge is 0.329 e. The maximum absolute atomic E-state index is 12.9. The Labute approximate surface area is 120 Å². The molecule has 0 spiro atoms. The highest BCUT2D eigenvalue weighted by molar-refractivity contribution is 6.39. The minimum atomic E-state index is -0.938. The van der Waals surface area contributed by atoms with Gasteiger partial charge in [0.2, 0.25) is 0 Å². The number of hydrogen-bond donors (Lipinski definition) is 2. The van der Waals surface area contributed by atoms with Gasteiger partial charge in [-0.25, -0.2) is 9.82 Å². The molecule has 0 saturated heterocycles. The SMILES string of the molecule is O=C(N/N=C\c1ccccc1)C(=O)Nc1cccc(F)c1. The number of hydrogen-bond acceptors (Lipinski definition) is 3. The summed E-state index contributed by atoms with van der Waals surface area (Å²) in [6, 6.07) is 14.3. The number of hydrazone groups is 1. The molecule has 21 heavy (non-hydrogen) atoms. The van der Waals surface area contributed by atoms with Crippen molar-refractivity contribution in [1.82, 2.24) is 5.43 Å². The van der Waals surface area contributed by atoms with Gasteiger partial charge in [0.15, 0.2) is 0 Å². The fraction of sp³-hybridized carbons (Fsp3) is 0. The van der Waals surface area contributed by atoms with Crippen LogP contribution in [0.25, 0.3) is 0 Å². The van der Waals surface area contributed by atoms with Gasteiger partial charge in [-0.1, -0.05) is 36.4 Å². The molecule has 106 valence electrons. The van der Waals surface area contributed by atoms with Gasteiger partial charge in [0.05, 0.1) is 6.21 Å². The summed E-state index contributed by atoms with van der Waals surface area (Å²) in [5.41, 5.74) is 3.07. The minimum absolute atomic E-state index is 0.196. The lowest BCUT2D eigenvalue weighted by Crippen LogP contribution is -2.32. The summed E-state index contributed by atoms with van der Waals surface area (Å²) in [4.78, 5) is 23.0. The Hall–Kier alpha value is -3.02. The first kappa shape index (κ1) is 14.4. The maximum Gasteiger partial charge on any atom is 0.329 e. The van der Waals surface area contributed by atoms with Gasteiger partial charge in [-0.2, -0.15) is 5.10 Å². The van der Waals surface area contributed by atoms with E-state index in [1.807, 2.05) is 18.2 Å². The molecule has 0 radical (unpaired) electrons. The Morgan fingerprint density at radius 1 is 1.00 bits per heavy atom. The molecule has 0 aliphatic heterocycles. The number of halogens is 1. The molecule has 0 aromatic heterocycles. The smallest absolute Gasteiger partial charge is 0.318 e. The third-order valence-corrected chi connectivity index (χ3v) is 2.47. The zero-order chi connectivity index (χ0) is 15.1. The maximum atomic E-state index is 12.9. The number of amides is 2. The lowest BCUT2D eigenvalue weighted by molar-refractivity contribution is -0.136. The van der Waals surface area contributed by atoms with Crippen LogP contribution in [0.15, 0.2) is 59.7 Å². The second kappa shape index (κ2) is 6.95. The van der Waals surface area contributed by atoms with E-state index in [1.54, 1.807) is 12.1 Å². The highest BCUT2D eigenvalue weighted by Crippen LogP contribution is 2.08. The molecular formula is C15H12FN3O2. The molecule has 0 heterocycles. The Balaban J connectivity index is 1.88. The Kier molecular flexibility index (Phi) is 4.76. The molecule has 2 aromatic carbocycles. The van der Waals surface area contributed by atoms with Crippen LogP contribution >= 0.6 is 0 Å². The first-order chi connectivity index (χ1) is 10.1. The van der Waals surface area contributed by atoms with Crippen molar-refractivity contribution in [2.75, 3.05) is 5.32 Å². The van der Waals surface area contributed by atoms with E-state index in [0.29, 0.717) is 0 Å². The van der Waals surface area contributed by atoms with Crippen molar-refractivity contribution in [2.24, 2.45) is 5.10 Å². The van der Waals surface area contributed by atoms with Crippen molar-refractivity contribution >= 4 is 23.7 Å². The van der Waals surface area contributed by atoms with Crippen molar-refractivity contribution in [2.45, 2.75) is 0 Å². The second-order valence-electron chi connectivity index (χ2n) is 4.07. The highest BCUT2D eigenvalue weighted by atomic mass is 19.1. The van der Waals surface area contributed by atoms with Gasteiger partial charge in [0, 0.05) is 5.69 Å². The third-order valence-electron chi connectivity index (χ3n) is 2.47. The van der Waals surface area contributed by atoms with Crippen LogP contribution in [-0.2, 0) is 9.59 Å². The summed E-state index contributed by atoms with van der Waals surface area (Å²) in [7, 11) is 0. The predicted octanol–water partition coefficient (Wildman–Crippen LogP) is 1.91. The summed E-state index contributed by atoms with van der Waals surface area (Å²) in [5, 5.41) is 5.93. The molecule has 0 saturated carbocycles. The second-order valence-corrected chi connectivity index (χ2v) is 4.07. The standard InChI is InChI=1S/C15H12FN3O2/c16-12-7-4-8-13(9-12)18-14(20)15(21)19-17-10-11-5-2-1-3-6-11/h1-10H,(H,18,20)(H,19,21)/b17-10-. The fourth-order valence-electron chi connectivity index (χ4n) is 1.51. The minimum Gasteiger partial charge on any atom is -0.318 e. The van der Waals surface area contributed by atoms with Gasteiger partial charge in [0.1, 0.15) is 5.82 Å². The van der Waals surface area contributed by atoms with Crippen molar-refractivity contribution in [3.63, 3.8) is 0 Å². The quantitative estimate of drug-likeness (QED) is 0.514.